The largest absolute Gasteiger partial charge is 0.368 e. The first-order valence-corrected chi connectivity index (χ1v) is 13.8. The molecule has 0 radical (unpaired) electrons. The average Bonchev–Trinajstić information content (AvgIpc) is 2.93. The number of rotatable bonds is 6. The number of hydrogen-bond acceptors (Lipinski definition) is 6. The van der Waals surface area contributed by atoms with Crippen LogP contribution in [0.4, 0.5) is 23.3 Å². The van der Waals surface area contributed by atoms with Gasteiger partial charge in [0, 0.05) is 62.6 Å². The van der Waals surface area contributed by atoms with Gasteiger partial charge in [-0.25, -0.2) is 0 Å². The zero-order valence-corrected chi connectivity index (χ0v) is 22.8. The lowest BCUT2D eigenvalue weighted by atomic mass is 10.0. The van der Waals surface area contributed by atoms with E-state index in [1.807, 2.05) is 24.3 Å². The Morgan fingerprint density at radius 1 is 0.919 bits per heavy atom. The normalized spacial score (nSPS) is 18.0. The molecule has 0 bridgehead atoms. The molecule has 2 N–H and O–H groups in total. The van der Waals surface area contributed by atoms with Gasteiger partial charge in [0.15, 0.2) is 5.11 Å². The van der Waals surface area contributed by atoms with E-state index in [2.05, 4.69) is 68.7 Å². The fourth-order valence-corrected chi connectivity index (χ4v) is 5.36. The average molecular weight is 536 g/mol. The number of benzene rings is 2. The zero-order chi connectivity index (χ0) is 25.6. The molecule has 2 saturated heterocycles. The lowest BCUT2D eigenvalue weighted by molar-refractivity contribution is 0.444. The summed E-state index contributed by atoms with van der Waals surface area (Å²) in [5.41, 5.74) is 2.26. The van der Waals surface area contributed by atoms with Crippen molar-refractivity contribution in [3.63, 3.8) is 0 Å². The quantitative estimate of drug-likeness (QED) is 0.419. The molecule has 194 valence electrons. The highest BCUT2D eigenvalue weighted by Crippen LogP contribution is 2.27. The van der Waals surface area contributed by atoms with Gasteiger partial charge in [-0.1, -0.05) is 54.9 Å². The Bertz CT molecular complexity index is 1200. The summed E-state index contributed by atoms with van der Waals surface area (Å²) in [6.07, 6.45) is 2.44. The number of nitrogens with zero attached hydrogens (tertiary/aromatic N) is 5. The van der Waals surface area contributed by atoms with Crippen molar-refractivity contribution in [1.82, 2.24) is 15.3 Å². The van der Waals surface area contributed by atoms with E-state index in [0.717, 1.165) is 56.5 Å². The molecule has 5 rings (SSSR count). The maximum atomic E-state index is 6.30. The van der Waals surface area contributed by atoms with Crippen LogP contribution < -0.4 is 25.3 Å². The molecule has 0 amide bonds. The molecule has 2 aliphatic rings. The Morgan fingerprint density at radius 3 is 2.32 bits per heavy atom. The fourth-order valence-electron chi connectivity index (χ4n) is 4.99. The van der Waals surface area contributed by atoms with E-state index in [1.54, 1.807) is 0 Å². The molecule has 1 aromatic heterocycles. The Kier molecular flexibility index (Phi) is 8.26. The Labute approximate surface area is 229 Å². The van der Waals surface area contributed by atoms with E-state index < -0.39 is 0 Å². The number of piperidine rings is 1. The molecule has 37 heavy (non-hydrogen) atoms. The smallest absolute Gasteiger partial charge is 0.232 e. The van der Waals surface area contributed by atoms with Crippen LogP contribution in [0.25, 0.3) is 0 Å². The van der Waals surface area contributed by atoms with Gasteiger partial charge in [-0.3, -0.25) is 0 Å². The second-order valence-corrected chi connectivity index (χ2v) is 10.6. The molecule has 1 atom stereocenters. The van der Waals surface area contributed by atoms with Crippen molar-refractivity contribution in [3.8, 4) is 0 Å². The zero-order valence-electron chi connectivity index (χ0n) is 21.2. The van der Waals surface area contributed by atoms with Gasteiger partial charge in [0.25, 0.3) is 0 Å². The highest BCUT2D eigenvalue weighted by molar-refractivity contribution is 7.80. The summed E-state index contributed by atoms with van der Waals surface area (Å²) in [5.74, 6) is 3.06. The van der Waals surface area contributed by atoms with Crippen LogP contribution in [0.15, 0.2) is 60.7 Å². The number of para-hydroxylation sites is 1. The molecule has 3 aromatic rings. The first-order chi connectivity index (χ1) is 18.0. The van der Waals surface area contributed by atoms with E-state index in [9.17, 15) is 0 Å². The maximum absolute atomic E-state index is 6.30. The van der Waals surface area contributed by atoms with Crippen molar-refractivity contribution >= 4 is 52.2 Å². The molecular formula is C28H34ClN7S. The maximum Gasteiger partial charge on any atom is 0.232 e. The molecule has 2 fully saturated rings. The van der Waals surface area contributed by atoms with Gasteiger partial charge in [0.05, 0.1) is 0 Å². The van der Waals surface area contributed by atoms with Crippen LogP contribution in [0.1, 0.15) is 25.3 Å². The van der Waals surface area contributed by atoms with Gasteiger partial charge in [-0.05, 0) is 54.7 Å². The number of aromatic nitrogens is 2. The monoisotopic (exact) mass is 535 g/mol. The van der Waals surface area contributed by atoms with Gasteiger partial charge >= 0.3 is 0 Å². The molecule has 2 aliphatic heterocycles. The van der Waals surface area contributed by atoms with Gasteiger partial charge in [-0.15, -0.1) is 0 Å². The summed E-state index contributed by atoms with van der Waals surface area (Å²) in [5, 5.41) is 7.66. The summed E-state index contributed by atoms with van der Waals surface area (Å²) in [6.45, 7) is 8.55. The van der Waals surface area contributed by atoms with E-state index in [1.165, 1.54) is 18.5 Å². The number of anilines is 4. The van der Waals surface area contributed by atoms with Crippen molar-refractivity contribution in [2.75, 3.05) is 59.3 Å². The van der Waals surface area contributed by atoms with E-state index in [-0.39, 0.29) is 0 Å². The van der Waals surface area contributed by atoms with Crippen LogP contribution >= 0.6 is 23.8 Å². The Morgan fingerprint density at radius 2 is 1.59 bits per heavy atom. The third-order valence-electron chi connectivity index (χ3n) is 7.03. The van der Waals surface area contributed by atoms with E-state index >= 15 is 0 Å². The van der Waals surface area contributed by atoms with Gasteiger partial charge < -0.3 is 25.3 Å². The van der Waals surface area contributed by atoms with Crippen molar-refractivity contribution in [2.24, 2.45) is 5.92 Å². The van der Waals surface area contributed by atoms with E-state index in [4.69, 9.17) is 33.8 Å². The number of hydrogen-bond donors (Lipinski definition) is 2. The van der Waals surface area contributed by atoms with Crippen molar-refractivity contribution in [1.29, 1.82) is 0 Å². The van der Waals surface area contributed by atoms with Crippen LogP contribution in [0, 0.1) is 5.92 Å². The lowest BCUT2D eigenvalue weighted by Gasteiger charge is -2.37. The van der Waals surface area contributed by atoms with Crippen molar-refractivity contribution in [2.45, 2.75) is 26.3 Å². The first kappa shape index (κ1) is 25.5. The molecule has 3 heterocycles. The first-order valence-electron chi connectivity index (χ1n) is 13.0. The third kappa shape index (κ3) is 6.62. The number of halogens is 1. The van der Waals surface area contributed by atoms with Crippen LogP contribution in [0.2, 0.25) is 5.02 Å². The second-order valence-electron chi connectivity index (χ2n) is 9.81. The van der Waals surface area contributed by atoms with E-state index in [0.29, 0.717) is 28.5 Å². The summed E-state index contributed by atoms with van der Waals surface area (Å²) in [6, 6.07) is 20.5. The lowest BCUT2D eigenvalue weighted by Crippen LogP contribution is -2.47. The summed E-state index contributed by atoms with van der Waals surface area (Å²) in [7, 11) is 0. The molecule has 0 spiro atoms. The molecule has 2 aromatic carbocycles. The van der Waals surface area contributed by atoms with Crippen LogP contribution in [0.3, 0.4) is 0 Å². The Hall–Kier alpha value is -3.10. The summed E-state index contributed by atoms with van der Waals surface area (Å²) in [4.78, 5) is 16.9. The van der Waals surface area contributed by atoms with Crippen molar-refractivity contribution < 1.29 is 0 Å². The molecule has 0 saturated carbocycles. The predicted octanol–water partition coefficient (Wildman–Crippen LogP) is 5.18. The summed E-state index contributed by atoms with van der Waals surface area (Å²) < 4.78 is 0. The second kappa shape index (κ2) is 12.0. The highest BCUT2D eigenvalue weighted by Gasteiger charge is 2.23. The van der Waals surface area contributed by atoms with Crippen LogP contribution in [0.5, 0.6) is 0 Å². The minimum Gasteiger partial charge on any atom is -0.368 e. The minimum absolute atomic E-state index is 0.476. The fraction of sp³-hybridized carbons (Fsp3) is 0.393. The van der Waals surface area contributed by atoms with Gasteiger partial charge in [-0.2, -0.15) is 9.97 Å². The molecule has 9 heteroatoms. The van der Waals surface area contributed by atoms with Crippen molar-refractivity contribution in [3.05, 3.63) is 71.2 Å². The number of piperazine rings is 1. The van der Waals surface area contributed by atoms with Gasteiger partial charge in [0.1, 0.15) is 11.6 Å². The molecule has 0 aliphatic carbocycles. The highest BCUT2D eigenvalue weighted by atomic mass is 35.5. The number of thiocarbonyl (C=S) groups is 1. The predicted molar refractivity (Wildman–Crippen MR) is 158 cm³/mol. The van der Waals surface area contributed by atoms with Crippen LogP contribution in [-0.2, 0) is 6.54 Å². The molecular weight excluding hydrogens is 502 g/mol. The molecule has 7 nitrogen and oxygen atoms in total. The third-order valence-corrected chi connectivity index (χ3v) is 7.64. The Balaban J connectivity index is 1.31. The standard InChI is InChI=1S/C28H34ClN7S/c1-21-8-7-13-36(20-21)26-18-25(35-16-14-34(15-17-35)23-10-3-2-4-11-23)31-27(32-26)33-28(37)30-19-22-9-5-6-12-24(22)29/h2-6,9-12,18,21H,7-8,13-17,19-20H2,1H3,(H2,30,31,32,33,37)/t21-/m0/s1. The molecule has 0 unspecified atom stereocenters. The topological polar surface area (TPSA) is 59.6 Å². The minimum atomic E-state index is 0.476. The van der Waals surface area contributed by atoms with Crippen LogP contribution in [-0.4, -0.2) is 54.3 Å². The SMILES string of the molecule is C[C@H]1CCCN(c2cc(N3CCN(c4ccccc4)CC3)nc(NC(=S)NCc3ccccc3Cl)n2)C1. The summed E-state index contributed by atoms with van der Waals surface area (Å²) >= 11 is 11.9. The number of nitrogens with one attached hydrogen (secondary N) is 2. The van der Waals surface area contributed by atoms with Gasteiger partial charge in [0.2, 0.25) is 5.95 Å².